The fourth-order valence-electron chi connectivity index (χ4n) is 9.76. The molecule has 5 atom stereocenters. The number of phosphoric ester groups is 2. The van der Waals surface area contributed by atoms with E-state index in [1.807, 2.05) is 0 Å². The molecule has 0 amide bonds. The summed E-state index contributed by atoms with van der Waals surface area (Å²) in [6.45, 7) is 7.04. The van der Waals surface area contributed by atoms with Gasteiger partial charge in [0.05, 0.1) is 26.4 Å². The van der Waals surface area contributed by atoms with E-state index in [4.69, 9.17) is 37.0 Å². The lowest BCUT2D eigenvalue weighted by Gasteiger charge is -2.21. The second-order valence-electron chi connectivity index (χ2n) is 24.0. The molecule has 3 N–H and O–H groups in total. The molecule has 0 heterocycles. The number of carbonyl (C=O) groups is 4. The summed E-state index contributed by atoms with van der Waals surface area (Å²) in [4.78, 5) is 71.7. The van der Waals surface area contributed by atoms with Crippen molar-refractivity contribution >= 4 is 39.5 Å². The average molecular weight is 1240 g/mol. The SMILES string of the molecule is CCCCCCCCCCCCCCCCCCCCC(=O)O[C@H](COC(=O)CCCCCCCCCCCCCCCC(C)C)COP(=O)(O)OC[C@@H](O)COP(=O)(O)OC[C@@H](COC(=O)CCCCCCC)OC(=O)CCCCCCC. The van der Waals surface area contributed by atoms with E-state index in [0.717, 1.165) is 102 Å². The summed E-state index contributed by atoms with van der Waals surface area (Å²) in [5, 5.41) is 10.5. The van der Waals surface area contributed by atoms with Crippen molar-refractivity contribution in [2.45, 2.75) is 348 Å². The summed E-state index contributed by atoms with van der Waals surface area (Å²) >= 11 is 0. The first-order valence-electron chi connectivity index (χ1n) is 34.1. The Labute approximate surface area is 511 Å². The van der Waals surface area contributed by atoms with Gasteiger partial charge in [-0.15, -0.1) is 0 Å². The van der Waals surface area contributed by atoms with Crippen molar-refractivity contribution in [1.29, 1.82) is 0 Å². The van der Waals surface area contributed by atoms with Crippen molar-refractivity contribution in [2.24, 2.45) is 5.92 Å². The van der Waals surface area contributed by atoms with Gasteiger partial charge in [0.1, 0.15) is 19.3 Å². The monoisotopic (exact) mass is 1240 g/mol. The van der Waals surface area contributed by atoms with Gasteiger partial charge in [-0.25, -0.2) is 9.13 Å². The minimum atomic E-state index is -4.94. The van der Waals surface area contributed by atoms with Gasteiger partial charge in [0.2, 0.25) is 0 Å². The first kappa shape index (κ1) is 82.1. The fraction of sp³-hybridized carbons (Fsp3) is 0.938. The summed E-state index contributed by atoms with van der Waals surface area (Å²) in [5.74, 6) is -1.36. The Morgan fingerprint density at radius 2 is 0.548 bits per heavy atom. The maximum atomic E-state index is 13.0. The molecule has 0 bridgehead atoms. The molecule has 2 unspecified atom stereocenters. The number of phosphoric acid groups is 2. The van der Waals surface area contributed by atoms with E-state index in [1.165, 1.54) is 148 Å². The molecule has 0 aliphatic rings. The van der Waals surface area contributed by atoms with Crippen LogP contribution >= 0.6 is 15.6 Å². The molecule has 0 aromatic rings. The molecule has 0 radical (unpaired) electrons. The van der Waals surface area contributed by atoms with Gasteiger partial charge in [0.25, 0.3) is 0 Å². The first-order chi connectivity index (χ1) is 40.5. The molecule has 84 heavy (non-hydrogen) atoms. The lowest BCUT2D eigenvalue weighted by atomic mass is 10.0. The highest BCUT2D eigenvalue weighted by atomic mass is 31.2. The van der Waals surface area contributed by atoms with Crippen molar-refractivity contribution in [2.75, 3.05) is 39.6 Å². The summed E-state index contributed by atoms with van der Waals surface area (Å²) < 4.78 is 67.6. The molecule has 0 fully saturated rings. The van der Waals surface area contributed by atoms with Crippen molar-refractivity contribution in [3.05, 3.63) is 0 Å². The third-order valence-electron chi connectivity index (χ3n) is 15.0. The van der Waals surface area contributed by atoms with E-state index >= 15 is 0 Å². The largest absolute Gasteiger partial charge is 0.472 e. The van der Waals surface area contributed by atoms with E-state index < -0.39 is 97.5 Å². The lowest BCUT2D eigenvalue weighted by Crippen LogP contribution is -2.30. The van der Waals surface area contributed by atoms with Crippen LogP contribution in [0.5, 0.6) is 0 Å². The van der Waals surface area contributed by atoms with Gasteiger partial charge < -0.3 is 33.8 Å². The van der Waals surface area contributed by atoms with Gasteiger partial charge in [-0.2, -0.15) is 0 Å². The van der Waals surface area contributed by atoms with Crippen LogP contribution in [0.25, 0.3) is 0 Å². The quantitative estimate of drug-likeness (QED) is 0.0222. The van der Waals surface area contributed by atoms with Crippen LogP contribution in [0.4, 0.5) is 0 Å². The van der Waals surface area contributed by atoms with Crippen LogP contribution < -0.4 is 0 Å². The number of unbranched alkanes of at least 4 members (excludes halogenated alkanes) is 37. The number of hydrogen-bond acceptors (Lipinski definition) is 15. The van der Waals surface area contributed by atoms with Crippen LogP contribution in [-0.2, 0) is 65.4 Å². The standard InChI is InChI=1S/C65H126O17P2/c1-6-9-12-15-16-17-18-19-20-21-22-23-26-30-33-36-41-46-51-65(70)82-61(55-76-63(68)49-44-40-35-32-29-27-24-25-28-31-34-39-42-47-58(4)5)57-80-84(73,74)78-53-59(66)52-77-83(71,72)79-56-60(81-64(69)50-45-38-14-11-8-3)54-75-62(67)48-43-37-13-10-7-2/h58-61,66H,6-57H2,1-5H3,(H,71,72)(H,73,74)/t59-,60+,61+/m0/s1. The van der Waals surface area contributed by atoms with Crippen molar-refractivity contribution < 1.29 is 80.2 Å². The van der Waals surface area contributed by atoms with Gasteiger partial charge in [-0.3, -0.25) is 37.3 Å². The highest BCUT2D eigenvalue weighted by molar-refractivity contribution is 7.47. The minimum absolute atomic E-state index is 0.0990. The van der Waals surface area contributed by atoms with Crippen LogP contribution in [-0.4, -0.2) is 96.7 Å². The molecule has 19 heteroatoms. The number of esters is 4. The second kappa shape index (κ2) is 58.7. The summed E-state index contributed by atoms with van der Waals surface area (Å²) in [5.41, 5.74) is 0. The predicted octanol–water partition coefficient (Wildman–Crippen LogP) is 18.2. The number of ether oxygens (including phenoxy) is 4. The molecular weight excluding hydrogens is 1110 g/mol. The van der Waals surface area contributed by atoms with Crippen molar-refractivity contribution in [3.63, 3.8) is 0 Å². The van der Waals surface area contributed by atoms with Crippen LogP contribution in [0, 0.1) is 5.92 Å². The van der Waals surface area contributed by atoms with Gasteiger partial charge in [0, 0.05) is 25.7 Å². The molecule has 0 aromatic carbocycles. The van der Waals surface area contributed by atoms with Crippen molar-refractivity contribution in [3.8, 4) is 0 Å². The topological polar surface area (TPSA) is 237 Å². The van der Waals surface area contributed by atoms with E-state index in [9.17, 15) is 43.2 Å². The zero-order valence-corrected chi connectivity index (χ0v) is 55.8. The number of hydrogen-bond donors (Lipinski definition) is 3. The Morgan fingerprint density at radius 1 is 0.321 bits per heavy atom. The van der Waals surface area contributed by atoms with Gasteiger partial charge in [-0.05, 0) is 31.6 Å². The van der Waals surface area contributed by atoms with Crippen LogP contribution in [0.1, 0.15) is 330 Å². The van der Waals surface area contributed by atoms with Gasteiger partial charge in [-0.1, -0.05) is 279 Å². The maximum Gasteiger partial charge on any atom is 0.472 e. The van der Waals surface area contributed by atoms with Crippen LogP contribution in [0.15, 0.2) is 0 Å². The smallest absolute Gasteiger partial charge is 0.462 e. The Hall–Kier alpha value is -1.94. The predicted molar refractivity (Wildman–Crippen MR) is 335 cm³/mol. The molecule has 0 spiro atoms. The second-order valence-corrected chi connectivity index (χ2v) is 26.9. The highest BCUT2D eigenvalue weighted by Crippen LogP contribution is 2.45. The normalized spacial score (nSPS) is 14.2. The molecule has 0 aromatic heterocycles. The summed E-state index contributed by atoms with van der Waals surface area (Å²) in [7, 11) is -9.87. The highest BCUT2D eigenvalue weighted by Gasteiger charge is 2.30. The maximum absolute atomic E-state index is 13.0. The third-order valence-corrected chi connectivity index (χ3v) is 16.9. The van der Waals surface area contributed by atoms with E-state index in [0.29, 0.717) is 25.7 Å². The Bertz CT molecular complexity index is 1640. The molecule has 498 valence electrons. The van der Waals surface area contributed by atoms with Crippen LogP contribution in [0.3, 0.4) is 0 Å². The molecule has 0 aliphatic heterocycles. The summed E-state index contributed by atoms with van der Waals surface area (Å²) in [6, 6.07) is 0. The zero-order valence-electron chi connectivity index (χ0n) is 54.0. The number of aliphatic hydroxyl groups excluding tert-OH is 1. The molecule has 0 saturated heterocycles. The van der Waals surface area contributed by atoms with E-state index in [-0.39, 0.29) is 25.7 Å². The first-order valence-corrected chi connectivity index (χ1v) is 37.1. The Balaban J connectivity index is 5.08. The number of carbonyl (C=O) groups excluding carboxylic acids is 4. The van der Waals surface area contributed by atoms with Crippen LogP contribution in [0.2, 0.25) is 0 Å². The van der Waals surface area contributed by atoms with Gasteiger partial charge in [0.15, 0.2) is 12.2 Å². The Morgan fingerprint density at radius 3 is 0.810 bits per heavy atom. The molecule has 0 aliphatic carbocycles. The van der Waals surface area contributed by atoms with Gasteiger partial charge >= 0.3 is 39.5 Å². The Kier molecular flexibility index (Phi) is 57.4. The zero-order chi connectivity index (χ0) is 62.0. The van der Waals surface area contributed by atoms with Crippen molar-refractivity contribution in [1.82, 2.24) is 0 Å². The molecule has 0 saturated carbocycles. The molecular formula is C65H126O17P2. The molecule has 0 rings (SSSR count). The molecule has 17 nitrogen and oxygen atoms in total. The number of aliphatic hydroxyl groups is 1. The average Bonchev–Trinajstić information content (AvgIpc) is 3.49. The van der Waals surface area contributed by atoms with E-state index in [2.05, 4.69) is 34.6 Å². The van der Waals surface area contributed by atoms with E-state index in [1.54, 1.807) is 0 Å². The lowest BCUT2D eigenvalue weighted by molar-refractivity contribution is -0.161. The number of rotatable bonds is 65. The third kappa shape index (κ3) is 59.0. The fourth-order valence-corrected chi connectivity index (χ4v) is 11.3. The minimum Gasteiger partial charge on any atom is -0.462 e. The summed E-state index contributed by atoms with van der Waals surface area (Å²) in [6.07, 6.45) is 44.0.